The Morgan fingerprint density at radius 2 is 1.73 bits per heavy atom. The lowest BCUT2D eigenvalue weighted by molar-refractivity contribution is 0.0692. The van der Waals surface area contributed by atoms with Crippen LogP contribution in [-0.2, 0) is 10.0 Å². The number of carboxylic acid groups (broad SMARTS) is 1. The van der Waals surface area contributed by atoms with Crippen molar-refractivity contribution in [2.24, 2.45) is 0 Å². The molecule has 0 aliphatic carbocycles. The standard InChI is InChI=1S/C15H12F3NO6S/c1-24-11-6-7(5-8(15(20)21)14(11)25-2)26(22,23)19-10-4-3-9(16)12(17)13(10)18/h3-6,19H,1-2H3,(H,20,21). The van der Waals surface area contributed by atoms with Gasteiger partial charge in [-0.05, 0) is 18.2 Å². The second kappa shape index (κ2) is 7.12. The molecule has 0 aliphatic heterocycles. The van der Waals surface area contributed by atoms with E-state index in [1.807, 2.05) is 0 Å². The number of halogens is 3. The third kappa shape index (κ3) is 3.52. The van der Waals surface area contributed by atoms with Gasteiger partial charge >= 0.3 is 5.97 Å². The van der Waals surface area contributed by atoms with Crippen molar-refractivity contribution in [3.05, 3.63) is 47.3 Å². The second-order valence-corrected chi connectivity index (χ2v) is 6.52. The van der Waals surface area contributed by atoms with E-state index in [1.54, 1.807) is 4.72 Å². The molecule has 0 unspecified atom stereocenters. The first-order valence-electron chi connectivity index (χ1n) is 6.78. The normalized spacial score (nSPS) is 11.1. The van der Waals surface area contributed by atoms with Gasteiger partial charge < -0.3 is 14.6 Å². The number of ether oxygens (including phenoxy) is 2. The van der Waals surface area contributed by atoms with Crippen molar-refractivity contribution in [1.82, 2.24) is 0 Å². The molecule has 2 N–H and O–H groups in total. The molecule has 0 radical (unpaired) electrons. The lowest BCUT2D eigenvalue weighted by Crippen LogP contribution is -2.16. The Labute approximate surface area is 146 Å². The number of hydrogen-bond donors (Lipinski definition) is 2. The van der Waals surface area contributed by atoms with E-state index >= 15 is 0 Å². The topological polar surface area (TPSA) is 102 Å². The van der Waals surface area contributed by atoms with E-state index in [-0.39, 0.29) is 11.5 Å². The van der Waals surface area contributed by atoms with Gasteiger partial charge in [-0.3, -0.25) is 4.72 Å². The molecule has 0 aliphatic rings. The van der Waals surface area contributed by atoms with Crippen LogP contribution in [0.3, 0.4) is 0 Å². The zero-order chi connectivity index (χ0) is 19.6. The number of methoxy groups -OCH3 is 2. The van der Waals surface area contributed by atoms with Crippen LogP contribution >= 0.6 is 0 Å². The molecule has 0 saturated carbocycles. The van der Waals surface area contributed by atoms with Crippen molar-refractivity contribution < 1.29 is 41.0 Å². The van der Waals surface area contributed by atoms with Gasteiger partial charge in [0.15, 0.2) is 29.0 Å². The summed E-state index contributed by atoms with van der Waals surface area (Å²) in [6, 6.07) is 2.91. The minimum atomic E-state index is -4.56. The number of carboxylic acids is 1. The zero-order valence-electron chi connectivity index (χ0n) is 13.3. The van der Waals surface area contributed by atoms with Crippen molar-refractivity contribution in [1.29, 1.82) is 0 Å². The maximum atomic E-state index is 13.7. The Hall–Kier alpha value is -2.95. The molecule has 0 saturated heterocycles. The summed E-state index contributed by atoms with van der Waals surface area (Å²) in [5.74, 6) is -7.03. The molecule has 0 spiro atoms. The molecule has 0 aromatic heterocycles. The van der Waals surface area contributed by atoms with Gasteiger partial charge in [-0.1, -0.05) is 0 Å². The molecule has 11 heteroatoms. The summed E-state index contributed by atoms with van der Waals surface area (Å²) in [4.78, 5) is 10.7. The van der Waals surface area contributed by atoms with Gasteiger partial charge in [-0.15, -0.1) is 0 Å². The van der Waals surface area contributed by atoms with Crippen molar-refractivity contribution in [3.63, 3.8) is 0 Å². The zero-order valence-corrected chi connectivity index (χ0v) is 14.2. The summed E-state index contributed by atoms with van der Waals surface area (Å²) in [7, 11) is -2.24. The average Bonchev–Trinajstić information content (AvgIpc) is 2.60. The van der Waals surface area contributed by atoms with Crippen LogP contribution in [0.1, 0.15) is 10.4 Å². The second-order valence-electron chi connectivity index (χ2n) is 4.84. The first-order chi connectivity index (χ1) is 12.1. The molecular formula is C15H12F3NO6S. The molecule has 2 rings (SSSR count). The molecule has 0 atom stereocenters. The minimum Gasteiger partial charge on any atom is -0.493 e. The van der Waals surface area contributed by atoms with Crippen LogP contribution in [0.15, 0.2) is 29.2 Å². The first kappa shape index (κ1) is 19.4. The smallest absolute Gasteiger partial charge is 0.339 e. The van der Waals surface area contributed by atoms with E-state index < -0.39 is 49.6 Å². The van der Waals surface area contributed by atoms with Crippen LogP contribution in [0.4, 0.5) is 18.9 Å². The van der Waals surface area contributed by atoms with Crippen LogP contribution in [0.25, 0.3) is 0 Å². The minimum absolute atomic E-state index is 0.210. The monoisotopic (exact) mass is 391 g/mol. The fraction of sp³-hybridized carbons (Fsp3) is 0.133. The number of nitrogens with one attached hydrogen (secondary N) is 1. The summed E-state index contributed by atoms with van der Waals surface area (Å²) in [6.45, 7) is 0. The Balaban J connectivity index is 2.58. The van der Waals surface area contributed by atoms with E-state index in [1.165, 1.54) is 0 Å². The fourth-order valence-corrected chi connectivity index (χ4v) is 3.16. The van der Waals surface area contributed by atoms with Gasteiger partial charge in [0.1, 0.15) is 5.56 Å². The summed E-state index contributed by atoms with van der Waals surface area (Å²) in [6.07, 6.45) is 0. The summed E-state index contributed by atoms with van der Waals surface area (Å²) < 4.78 is 76.3. The number of hydrogen-bond acceptors (Lipinski definition) is 5. The molecule has 0 heterocycles. The van der Waals surface area contributed by atoms with Crippen molar-refractivity contribution in [3.8, 4) is 11.5 Å². The molecule has 2 aromatic rings. The van der Waals surface area contributed by atoms with Crippen LogP contribution in [0.5, 0.6) is 11.5 Å². The molecule has 140 valence electrons. The Kier molecular flexibility index (Phi) is 5.30. The number of anilines is 1. The largest absolute Gasteiger partial charge is 0.493 e. The highest BCUT2D eigenvalue weighted by molar-refractivity contribution is 7.92. The number of sulfonamides is 1. The van der Waals surface area contributed by atoms with E-state index in [0.717, 1.165) is 26.4 Å². The Bertz CT molecular complexity index is 978. The molecule has 2 aromatic carbocycles. The third-order valence-corrected chi connectivity index (χ3v) is 4.62. The third-order valence-electron chi connectivity index (χ3n) is 3.27. The van der Waals surface area contributed by atoms with Crippen LogP contribution in [0.2, 0.25) is 0 Å². The molecule has 7 nitrogen and oxygen atoms in total. The first-order valence-corrected chi connectivity index (χ1v) is 8.26. The van der Waals surface area contributed by atoms with Crippen molar-refractivity contribution in [2.45, 2.75) is 4.90 Å². The maximum Gasteiger partial charge on any atom is 0.339 e. The van der Waals surface area contributed by atoms with Crippen LogP contribution in [-0.4, -0.2) is 33.7 Å². The van der Waals surface area contributed by atoms with Crippen molar-refractivity contribution in [2.75, 3.05) is 18.9 Å². The van der Waals surface area contributed by atoms with Gasteiger partial charge in [0.2, 0.25) is 0 Å². The fourth-order valence-electron chi connectivity index (χ4n) is 2.06. The highest BCUT2D eigenvalue weighted by atomic mass is 32.2. The molecule has 0 bridgehead atoms. The predicted molar refractivity (Wildman–Crippen MR) is 83.6 cm³/mol. The van der Waals surface area contributed by atoms with Gasteiger partial charge in [-0.2, -0.15) is 0 Å². The predicted octanol–water partition coefficient (Wildman–Crippen LogP) is 2.62. The molecule has 26 heavy (non-hydrogen) atoms. The van der Waals surface area contributed by atoms with Gasteiger partial charge in [0, 0.05) is 6.07 Å². The lowest BCUT2D eigenvalue weighted by atomic mass is 10.2. The average molecular weight is 391 g/mol. The van der Waals surface area contributed by atoms with E-state index in [9.17, 15) is 31.5 Å². The summed E-state index contributed by atoms with van der Waals surface area (Å²) in [5.41, 5.74) is -1.38. The quantitative estimate of drug-likeness (QED) is 0.734. The van der Waals surface area contributed by atoms with Gasteiger partial charge in [-0.25, -0.2) is 26.4 Å². The van der Waals surface area contributed by atoms with Crippen LogP contribution < -0.4 is 14.2 Å². The number of benzene rings is 2. The molecular weight excluding hydrogens is 379 g/mol. The van der Waals surface area contributed by atoms with E-state index in [2.05, 4.69) is 0 Å². The van der Waals surface area contributed by atoms with Gasteiger partial charge in [0.05, 0.1) is 24.8 Å². The van der Waals surface area contributed by atoms with Crippen LogP contribution in [0, 0.1) is 17.5 Å². The maximum absolute atomic E-state index is 13.7. The SMILES string of the molecule is COc1cc(S(=O)(=O)Nc2ccc(F)c(F)c2F)cc(C(=O)O)c1OC. The number of rotatable bonds is 6. The number of carbonyl (C=O) groups is 1. The molecule has 0 amide bonds. The summed E-state index contributed by atoms with van der Waals surface area (Å²) >= 11 is 0. The van der Waals surface area contributed by atoms with E-state index in [0.29, 0.717) is 12.1 Å². The lowest BCUT2D eigenvalue weighted by Gasteiger charge is -2.14. The van der Waals surface area contributed by atoms with Crippen molar-refractivity contribution >= 4 is 21.7 Å². The molecule has 0 fully saturated rings. The number of aromatic carboxylic acids is 1. The summed E-state index contributed by atoms with van der Waals surface area (Å²) in [5, 5.41) is 9.21. The van der Waals surface area contributed by atoms with Gasteiger partial charge in [0.25, 0.3) is 10.0 Å². The highest BCUT2D eigenvalue weighted by Gasteiger charge is 2.25. The Morgan fingerprint density at radius 1 is 1.08 bits per heavy atom. The van der Waals surface area contributed by atoms with E-state index in [4.69, 9.17) is 9.47 Å². The highest BCUT2D eigenvalue weighted by Crippen LogP contribution is 2.35. The Morgan fingerprint density at radius 3 is 2.27 bits per heavy atom.